The molecule has 5 rings (SSSR count). The maximum absolute atomic E-state index is 13.8. The third kappa shape index (κ3) is 3.00. The fourth-order valence-electron chi connectivity index (χ4n) is 4.47. The molecule has 5 heteroatoms. The number of nitrogens with zero attached hydrogens (tertiary/aromatic N) is 2. The number of amides is 1. The van der Waals surface area contributed by atoms with Crippen molar-refractivity contribution < 1.29 is 9.18 Å². The molecule has 28 heavy (non-hydrogen) atoms. The third-order valence-electron chi connectivity index (χ3n) is 6.23. The quantitative estimate of drug-likeness (QED) is 0.753. The number of nitrogens with one attached hydrogen (secondary N) is 1. The lowest BCUT2D eigenvalue weighted by Crippen LogP contribution is -2.51. The minimum absolute atomic E-state index is 0.206. The van der Waals surface area contributed by atoms with Gasteiger partial charge in [0.25, 0.3) is 0 Å². The maximum Gasteiger partial charge on any atom is 0.233 e. The van der Waals surface area contributed by atoms with Crippen LogP contribution in [0.1, 0.15) is 24.0 Å². The Morgan fingerprint density at radius 1 is 1.04 bits per heavy atom. The van der Waals surface area contributed by atoms with E-state index in [-0.39, 0.29) is 11.7 Å². The number of rotatable bonds is 4. The van der Waals surface area contributed by atoms with Crippen molar-refractivity contribution in [2.45, 2.75) is 24.8 Å². The van der Waals surface area contributed by atoms with Gasteiger partial charge in [-0.15, -0.1) is 0 Å². The maximum atomic E-state index is 13.8. The molecule has 144 valence electrons. The zero-order valence-corrected chi connectivity index (χ0v) is 15.8. The third-order valence-corrected chi connectivity index (χ3v) is 6.23. The first-order valence-corrected chi connectivity index (χ1v) is 9.98. The summed E-state index contributed by atoms with van der Waals surface area (Å²) in [4.78, 5) is 21.0. The van der Waals surface area contributed by atoms with Gasteiger partial charge in [0.2, 0.25) is 5.91 Å². The zero-order chi connectivity index (χ0) is 19.1. The first-order chi connectivity index (χ1) is 13.7. The molecule has 1 aliphatic heterocycles. The highest BCUT2D eigenvalue weighted by Gasteiger charge is 2.54. The van der Waals surface area contributed by atoms with Gasteiger partial charge in [-0.05, 0) is 42.2 Å². The number of carbonyl (C=O) groups excluding carboxylic acids is 1. The monoisotopic (exact) mass is 377 g/mol. The van der Waals surface area contributed by atoms with Crippen LogP contribution >= 0.6 is 0 Å². The number of H-pyrrole nitrogens is 1. The number of benzene rings is 2. The smallest absolute Gasteiger partial charge is 0.233 e. The van der Waals surface area contributed by atoms with Crippen molar-refractivity contribution in [3.8, 4) is 0 Å². The zero-order valence-electron chi connectivity index (χ0n) is 15.8. The van der Waals surface area contributed by atoms with E-state index in [1.807, 2.05) is 17.2 Å². The summed E-state index contributed by atoms with van der Waals surface area (Å²) in [5.74, 6) is -0.0526. The Morgan fingerprint density at radius 3 is 2.50 bits per heavy atom. The Morgan fingerprint density at radius 2 is 1.79 bits per heavy atom. The van der Waals surface area contributed by atoms with Crippen LogP contribution in [0.4, 0.5) is 4.39 Å². The molecule has 1 amide bonds. The molecule has 4 nitrogen and oxygen atoms in total. The number of aromatic amines is 1. The number of hydrogen-bond acceptors (Lipinski definition) is 2. The molecule has 2 aliphatic rings. The average molecular weight is 377 g/mol. The van der Waals surface area contributed by atoms with Crippen molar-refractivity contribution >= 4 is 16.8 Å². The van der Waals surface area contributed by atoms with Gasteiger partial charge in [0.05, 0.1) is 5.41 Å². The predicted molar refractivity (Wildman–Crippen MR) is 107 cm³/mol. The predicted octanol–water partition coefficient (Wildman–Crippen LogP) is 3.68. The van der Waals surface area contributed by atoms with E-state index in [1.54, 1.807) is 12.1 Å². The Bertz CT molecular complexity index is 1000. The topological polar surface area (TPSA) is 39.3 Å². The number of fused-ring (bicyclic) bond motifs is 1. The second-order valence-corrected chi connectivity index (χ2v) is 8.03. The van der Waals surface area contributed by atoms with E-state index < -0.39 is 5.41 Å². The van der Waals surface area contributed by atoms with Gasteiger partial charge in [-0.3, -0.25) is 9.69 Å². The number of carbonyl (C=O) groups is 1. The molecule has 1 saturated carbocycles. The van der Waals surface area contributed by atoms with Crippen molar-refractivity contribution in [3.05, 3.63) is 71.7 Å². The molecule has 3 aromatic rings. The molecule has 1 saturated heterocycles. The Labute approximate surface area is 163 Å². The van der Waals surface area contributed by atoms with E-state index in [9.17, 15) is 9.18 Å². The van der Waals surface area contributed by atoms with Crippen molar-refractivity contribution in [1.82, 2.24) is 14.8 Å². The number of piperazine rings is 1. The van der Waals surface area contributed by atoms with E-state index in [0.29, 0.717) is 0 Å². The lowest BCUT2D eigenvalue weighted by molar-refractivity contribution is -0.135. The van der Waals surface area contributed by atoms with Gasteiger partial charge in [-0.25, -0.2) is 4.39 Å². The van der Waals surface area contributed by atoms with Crippen molar-refractivity contribution in [2.24, 2.45) is 0 Å². The fourth-order valence-corrected chi connectivity index (χ4v) is 4.47. The number of hydrogen-bond donors (Lipinski definition) is 1. The van der Waals surface area contributed by atoms with E-state index in [2.05, 4.69) is 34.1 Å². The van der Waals surface area contributed by atoms with Crippen LogP contribution in [0.5, 0.6) is 0 Å². The fraction of sp³-hybridized carbons (Fsp3) is 0.348. The van der Waals surface area contributed by atoms with Gasteiger partial charge in [0.15, 0.2) is 0 Å². The SMILES string of the molecule is O=C(N1CCN(Cc2ccccc2)CC1)C1(c2c[nH]c3ccc(F)cc23)CC1. The van der Waals surface area contributed by atoms with Gasteiger partial charge in [-0.1, -0.05) is 30.3 Å². The lowest BCUT2D eigenvalue weighted by Gasteiger charge is -2.36. The van der Waals surface area contributed by atoms with Crippen molar-refractivity contribution in [3.63, 3.8) is 0 Å². The van der Waals surface area contributed by atoms with Gasteiger partial charge < -0.3 is 9.88 Å². The highest BCUT2D eigenvalue weighted by Crippen LogP contribution is 2.51. The molecule has 2 aromatic carbocycles. The Balaban J connectivity index is 1.30. The van der Waals surface area contributed by atoms with E-state index in [1.165, 1.54) is 11.6 Å². The molecule has 0 atom stereocenters. The summed E-state index contributed by atoms with van der Waals surface area (Å²) in [6, 6.07) is 15.2. The standard InChI is InChI=1S/C23H24FN3O/c24-18-6-7-21-19(14-18)20(15-25-21)23(8-9-23)22(28)27-12-10-26(11-13-27)16-17-4-2-1-3-5-17/h1-7,14-15,25H,8-13,16H2. The molecule has 0 spiro atoms. The van der Waals surface area contributed by atoms with E-state index in [4.69, 9.17) is 0 Å². The van der Waals surface area contributed by atoms with Crippen LogP contribution < -0.4 is 0 Å². The van der Waals surface area contributed by atoms with Crippen LogP contribution in [-0.2, 0) is 16.8 Å². The Kier molecular flexibility index (Phi) is 4.20. The van der Waals surface area contributed by atoms with Crippen molar-refractivity contribution in [2.75, 3.05) is 26.2 Å². The minimum atomic E-state index is -0.465. The summed E-state index contributed by atoms with van der Waals surface area (Å²) in [5.41, 5.74) is 2.69. The van der Waals surface area contributed by atoms with Gasteiger partial charge in [-0.2, -0.15) is 0 Å². The second-order valence-electron chi connectivity index (χ2n) is 8.03. The first-order valence-electron chi connectivity index (χ1n) is 9.98. The first kappa shape index (κ1) is 17.4. The molecule has 0 bridgehead atoms. The highest BCUT2D eigenvalue weighted by molar-refractivity contribution is 5.97. The number of halogens is 1. The molecular weight excluding hydrogens is 353 g/mol. The van der Waals surface area contributed by atoms with Crippen molar-refractivity contribution in [1.29, 1.82) is 0 Å². The normalized spacial score (nSPS) is 19.1. The summed E-state index contributed by atoms with van der Waals surface area (Å²) in [6.07, 6.45) is 3.60. The summed E-state index contributed by atoms with van der Waals surface area (Å²) in [5, 5.41) is 0.841. The van der Waals surface area contributed by atoms with Gasteiger partial charge >= 0.3 is 0 Å². The molecule has 1 N–H and O–H groups in total. The summed E-state index contributed by atoms with van der Waals surface area (Å²) >= 11 is 0. The molecule has 2 fully saturated rings. The number of aromatic nitrogens is 1. The summed E-state index contributed by atoms with van der Waals surface area (Å²) < 4.78 is 13.8. The molecule has 1 aromatic heterocycles. The van der Waals surface area contributed by atoms with E-state index >= 15 is 0 Å². The molecule has 0 radical (unpaired) electrons. The van der Waals surface area contributed by atoms with Crippen LogP contribution in [0.3, 0.4) is 0 Å². The van der Waals surface area contributed by atoms with Crippen LogP contribution in [-0.4, -0.2) is 46.9 Å². The molecule has 2 heterocycles. The van der Waals surface area contributed by atoms with Crippen LogP contribution in [0.2, 0.25) is 0 Å². The second kappa shape index (κ2) is 6.74. The Hall–Kier alpha value is -2.66. The summed E-state index contributed by atoms with van der Waals surface area (Å²) in [7, 11) is 0. The minimum Gasteiger partial charge on any atom is -0.361 e. The average Bonchev–Trinajstić information content (AvgIpc) is 3.42. The van der Waals surface area contributed by atoms with Gasteiger partial charge in [0.1, 0.15) is 5.82 Å². The van der Waals surface area contributed by atoms with Crippen LogP contribution in [0.25, 0.3) is 10.9 Å². The van der Waals surface area contributed by atoms with Gasteiger partial charge in [0, 0.05) is 49.8 Å². The molecular formula is C23H24FN3O. The van der Waals surface area contributed by atoms with Crippen LogP contribution in [0.15, 0.2) is 54.7 Å². The lowest BCUT2D eigenvalue weighted by atomic mass is 9.93. The highest BCUT2D eigenvalue weighted by atomic mass is 19.1. The summed E-state index contributed by atoms with van der Waals surface area (Å²) in [6.45, 7) is 4.21. The molecule has 1 aliphatic carbocycles. The van der Waals surface area contributed by atoms with E-state index in [0.717, 1.165) is 62.0 Å². The van der Waals surface area contributed by atoms with Crippen LogP contribution in [0, 0.1) is 5.82 Å². The largest absolute Gasteiger partial charge is 0.361 e. The molecule has 0 unspecified atom stereocenters.